The van der Waals surface area contributed by atoms with Gasteiger partial charge in [0, 0.05) is 23.6 Å². The summed E-state index contributed by atoms with van der Waals surface area (Å²) in [6.07, 6.45) is 0. The Balaban J connectivity index is 2.63. The van der Waals surface area contributed by atoms with E-state index in [0.717, 1.165) is 21.6 Å². The average molecular weight is 278 g/mol. The first kappa shape index (κ1) is 12.0. The van der Waals surface area contributed by atoms with E-state index in [9.17, 15) is 0 Å². The minimum absolute atomic E-state index is 0.310. The Labute approximate surface area is 98.0 Å². The summed E-state index contributed by atoms with van der Waals surface area (Å²) >= 11 is 9.49. The predicted octanol–water partition coefficient (Wildman–Crippen LogP) is 2.54. The monoisotopic (exact) mass is 276 g/mol. The van der Waals surface area contributed by atoms with Crippen molar-refractivity contribution in [2.75, 3.05) is 6.54 Å². The van der Waals surface area contributed by atoms with Crippen LogP contribution in [0.25, 0.3) is 0 Å². The van der Waals surface area contributed by atoms with E-state index < -0.39 is 0 Å². The molecule has 0 aliphatic heterocycles. The third kappa shape index (κ3) is 3.24. The second-order valence-corrected chi connectivity index (χ2v) is 4.46. The molecule has 0 saturated heterocycles. The second kappa shape index (κ2) is 5.71. The van der Waals surface area contributed by atoms with Crippen LogP contribution in [0.5, 0.6) is 0 Å². The molecule has 0 amide bonds. The number of nitrogens with two attached hydrogens (primary N) is 1. The summed E-state index contributed by atoms with van der Waals surface area (Å²) in [4.78, 5) is 0. The van der Waals surface area contributed by atoms with Crippen molar-refractivity contribution in [1.29, 1.82) is 0 Å². The number of hydrogen-bond acceptors (Lipinski definition) is 2. The lowest BCUT2D eigenvalue weighted by Crippen LogP contribution is -2.32. The predicted molar refractivity (Wildman–Crippen MR) is 64.5 cm³/mol. The van der Waals surface area contributed by atoms with Crippen molar-refractivity contribution in [2.24, 2.45) is 5.73 Å². The van der Waals surface area contributed by atoms with Crippen molar-refractivity contribution in [3.63, 3.8) is 0 Å². The Morgan fingerprint density at radius 1 is 1.57 bits per heavy atom. The molecule has 3 N–H and O–H groups in total. The van der Waals surface area contributed by atoms with Crippen molar-refractivity contribution < 1.29 is 0 Å². The van der Waals surface area contributed by atoms with Gasteiger partial charge in [-0.1, -0.05) is 23.7 Å². The Hall–Kier alpha value is -0.0900. The van der Waals surface area contributed by atoms with Gasteiger partial charge in [-0.15, -0.1) is 0 Å². The number of benzene rings is 1. The van der Waals surface area contributed by atoms with Gasteiger partial charge in [0.15, 0.2) is 0 Å². The molecule has 78 valence electrons. The average Bonchev–Trinajstić information content (AvgIpc) is 2.20. The Morgan fingerprint density at radius 3 is 2.93 bits per heavy atom. The van der Waals surface area contributed by atoms with E-state index in [1.807, 2.05) is 25.1 Å². The maximum Gasteiger partial charge on any atom is 0.0592 e. The molecule has 1 atom stereocenters. The number of rotatable bonds is 4. The lowest BCUT2D eigenvalue weighted by Gasteiger charge is -2.12. The molecule has 0 saturated carbocycles. The molecular weight excluding hydrogens is 263 g/mol. The van der Waals surface area contributed by atoms with Gasteiger partial charge in [0.1, 0.15) is 0 Å². The highest BCUT2D eigenvalue weighted by molar-refractivity contribution is 9.10. The lowest BCUT2D eigenvalue weighted by molar-refractivity contribution is 0.556. The quantitative estimate of drug-likeness (QED) is 0.887. The van der Waals surface area contributed by atoms with Crippen LogP contribution in [0.1, 0.15) is 12.5 Å². The van der Waals surface area contributed by atoms with Gasteiger partial charge in [0.2, 0.25) is 0 Å². The van der Waals surface area contributed by atoms with Crippen LogP contribution in [0, 0.1) is 0 Å². The molecule has 0 radical (unpaired) electrons. The SMILES string of the molecule is C[C@H](CN)NCc1cccc(Br)c1Cl. The summed E-state index contributed by atoms with van der Waals surface area (Å²) in [5, 5.41) is 4.05. The van der Waals surface area contributed by atoms with Crippen LogP contribution in [0.2, 0.25) is 5.02 Å². The number of hydrogen-bond donors (Lipinski definition) is 2. The van der Waals surface area contributed by atoms with Gasteiger partial charge in [-0.3, -0.25) is 0 Å². The fraction of sp³-hybridized carbons (Fsp3) is 0.400. The van der Waals surface area contributed by atoms with Crippen molar-refractivity contribution in [3.8, 4) is 0 Å². The smallest absolute Gasteiger partial charge is 0.0592 e. The molecule has 0 aliphatic carbocycles. The van der Waals surface area contributed by atoms with E-state index in [1.54, 1.807) is 0 Å². The van der Waals surface area contributed by atoms with Gasteiger partial charge in [-0.2, -0.15) is 0 Å². The molecule has 0 aromatic heterocycles. The zero-order valence-electron chi connectivity index (χ0n) is 8.06. The van der Waals surface area contributed by atoms with Gasteiger partial charge in [-0.25, -0.2) is 0 Å². The minimum Gasteiger partial charge on any atom is -0.329 e. The highest BCUT2D eigenvalue weighted by Crippen LogP contribution is 2.25. The summed E-state index contributed by atoms with van der Waals surface area (Å²) in [5.74, 6) is 0. The zero-order valence-corrected chi connectivity index (χ0v) is 10.4. The molecule has 0 fully saturated rings. The molecule has 1 aromatic rings. The first-order valence-electron chi connectivity index (χ1n) is 4.51. The second-order valence-electron chi connectivity index (χ2n) is 3.23. The van der Waals surface area contributed by atoms with E-state index in [1.165, 1.54) is 0 Å². The van der Waals surface area contributed by atoms with E-state index in [2.05, 4.69) is 21.2 Å². The number of nitrogens with one attached hydrogen (secondary N) is 1. The Kier molecular flexibility index (Phi) is 4.89. The van der Waals surface area contributed by atoms with E-state index >= 15 is 0 Å². The standard InChI is InChI=1S/C10H14BrClN2/c1-7(5-13)14-6-8-3-2-4-9(11)10(8)12/h2-4,7,14H,5-6,13H2,1H3/t7-/m1/s1. The first-order chi connectivity index (χ1) is 6.65. The van der Waals surface area contributed by atoms with E-state index in [0.29, 0.717) is 12.6 Å². The molecule has 2 nitrogen and oxygen atoms in total. The molecule has 0 bridgehead atoms. The van der Waals surface area contributed by atoms with Crippen LogP contribution in [-0.2, 0) is 6.54 Å². The normalized spacial score (nSPS) is 12.9. The lowest BCUT2D eigenvalue weighted by atomic mass is 10.2. The first-order valence-corrected chi connectivity index (χ1v) is 5.68. The summed E-state index contributed by atoms with van der Waals surface area (Å²) < 4.78 is 0.930. The summed E-state index contributed by atoms with van der Waals surface area (Å²) in [5.41, 5.74) is 6.58. The van der Waals surface area contributed by atoms with Gasteiger partial charge in [-0.05, 0) is 34.5 Å². The third-order valence-corrected chi connectivity index (χ3v) is 3.36. The maximum atomic E-state index is 6.10. The molecule has 1 aromatic carbocycles. The highest BCUT2D eigenvalue weighted by Gasteiger charge is 2.04. The minimum atomic E-state index is 0.310. The molecule has 0 aliphatic rings. The van der Waals surface area contributed by atoms with Gasteiger partial charge in [0.25, 0.3) is 0 Å². The Bertz CT molecular complexity index is 304. The summed E-state index contributed by atoms with van der Waals surface area (Å²) in [6, 6.07) is 6.21. The summed E-state index contributed by atoms with van der Waals surface area (Å²) in [6.45, 7) is 3.42. The molecular formula is C10H14BrClN2. The van der Waals surface area contributed by atoms with E-state index in [-0.39, 0.29) is 0 Å². The Morgan fingerprint density at radius 2 is 2.29 bits per heavy atom. The fourth-order valence-electron chi connectivity index (χ4n) is 1.05. The third-order valence-electron chi connectivity index (χ3n) is 2.03. The van der Waals surface area contributed by atoms with Crippen molar-refractivity contribution >= 4 is 27.5 Å². The van der Waals surface area contributed by atoms with Crippen LogP contribution in [-0.4, -0.2) is 12.6 Å². The van der Waals surface area contributed by atoms with Crippen LogP contribution >= 0.6 is 27.5 Å². The topological polar surface area (TPSA) is 38.0 Å². The summed E-state index contributed by atoms with van der Waals surface area (Å²) in [7, 11) is 0. The van der Waals surface area contributed by atoms with Crippen LogP contribution in [0.3, 0.4) is 0 Å². The zero-order chi connectivity index (χ0) is 10.6. The van der Waals surface area contributed by atoms with Crippen molar-refractivity contribution in [3.05, 3.63) is 33.3 Å². The van der Waals surface area contributed by atoms with Gasteiger partial charge in [0.05, 0.1) is 5.02 Å². The van der Waals surface area contributed by atoms with Crippen molar-refractivity contribution in [2.45, 2.75) is 19.5 Å². The largest absolute Gasteiger partial charge is 0.329 e. The van der Waals surface area contributed by atoms with Crippen LogP contribution < -0.4 is 11.1 Å². The van der Waals surface area contributed by atoms with Crippen LogP contribution in [0.4, 0.5) is 0 Å². The van der Waals surface area contributed by atoms with Gasteiger partial charge < -0.3 is 11.1 Å². The molecule has 1 rings (SSSR count). The molecule has 0 heterocycles. The fourth-order valence-corrected chi connectivity index (χ4v) is 1.65. The maximum absolute atomic E-state index is 6.10. The molecule has 0 unspecified atom stereocenters. The van der Waals surface area contributed by atoms with Gasteiger partial charge >= 0.3 is 0 Å². The molecule has 0 spiro atoms. The van der Waals surface area contributed by atoms with Crippen LogP contribution in [0.15, 0.2) is 22.7 Å². The molecule has 4 heteroatoms. The number of halogens is 2. The molecule has 14 heavy (non-hydrogen) atoms. The van der Waals surface area contributed by atoms with Crippen molar-refractivity contribution in [1.82, 2.24) is 5.32 Å². The highest BCUT2D eigenvalue weighted by atomic mass is 79.9. The van der Waals surface area contributed by atoms with E-state index in [4.69, 9.17) is 17.3 Å².